The Bertz CT molecular complexity index is 511. The van der Waals surface area contributed by atoms with Gasteiger partial charge in [0.15, 0.2) is 5.75 Å². The fourth-order valence-electron chi connectivity index (χ4n) is 2.83. The topological polar surface area (TPSA) is 64.8 Å². The molecule has 0 saturated carbocycles. The number of hydrogen-bond donors (Lipinski definition) is 0. The zero-order chi connectivity index (χ0) is 16.1. The van der Waals surface area contributed by atoms with Crippen LogP contribution in [-0.2, 0) is 4.74 Å². The maximum Gasteiger partial charge on any atom is 0.310 e. The smallest absolute Gasteiger partial charge is 0.310 e. The molecule has 1 aliphatic heterocycles. The van der Waals surface area contributed by atoms with Gasteiger partial charge in [0.1, 0.15) is 0 Å². The van der Waals surface area contributed by atoms with Gasteiger partial charge in [-0.3, -0.25) is 15.0 Å². The molecule has 0 N–H and O–H groups in total. The molecule has 0 aromatic heterocycles. The van der Waals surface area contributed by atoms with Gasteiger partial charge in [-0.25, -0.2) is 0 Å². The summed E-state index contributed by atoms with van der Waals surface area (Å²) in [5.41, 5.74) is 0.982. The van der Waals surface area contributed by atoms with E-state index in [9.17, 15) is 10.1 Å². The molecule has 1 aliphatic rings. The molecule has 1 saturated heterocycles. The molecule has 122 valence electrons. The first kappa shape index (κ1) is 16.7. The van der Waals surface area contributed by atoms with Gasteiger partial charge in [0.25, 0.3) is 0 Å². The predicted octanol–water partition coefficient (Wildman–Crippen LogP) is 2.78. The number of morpholine rings is 1. The normalized spacial score (nSPS) is 22.5. The molecule has 1 heterocycles. The van der Waals surface area contributed by atoms with E-state index in [4.69, 9.17) is 9.47 Å². The Morgan fingerprint density at radius 2 is 2.05 bits per heavy atom. The van der Waals surface area contributed by atoms with E-state index in [0.29, 0.717) is 12.4 Å². The molecule has 0 radical (unpaired) electrons. The van der Waals surface area contributed by atoms with E-state index < -0.39 is 4.92 Å². The van der Waals surface area contributed by atoms with Crippen LogP contribution in [0.1, 0.15) is 25.8 Å². The molecule has 0 bridgehead atoms. The Kier molecular flexibility index (Phi) is 5.74. The lowest BCUT2D eigenvalue weighted by molar-refractivity contribution is -0.385. The van der Waals surface area contributed by atoms with Crippen LogP contribution in [0.15, 0.2) is 18.2 Å². The summed E-state index contributed by atoms with van der Waals surface area (Å²) in [7, 11) is 0. The second kappa shape index (κ2) is 7.56. The van der Waals surface area contributed by atoms with Crippen molar-refractivity contribution < 1.29 is 14.4 Å². The second-order valence-corrected chi connectivity index (χ2v) is 5.95. The predicted molar refractivity (Wildman–Crippen MR) is 84.4 cm³/mol. The van der Waals surface area contributed by atoms with Gasteiger partial charge in [-0.15, -0.1) is 0 Å². The van der Waals surface area contributed by atoms with Crippen LogP contribution >= 0.6 is 0 Å². The first-order valence-corrected chi connectivity index (χ1v) is 7.71. The van der Waals surface area contributed by atoms with Crippen LogP contribution in [0.4, 0.5) is 5.69 Å². The summed E-state index contributed by atoms with van der Waals surface area (Å²) in [4.78, 5) is 12.9. The van der Waals surface area contributed by atoms with Gasteiger partial charge >= 0.3 is 5.69 Å². The van der Waals surface area contributed by atoms with Crippen molar-refractivity contribution in [3.05, 3.63) is 33.9 Å². The Labute approximate surface area is 131 Å². The summed E-state index contributed by atoms with van der Waals surface area (Å²) in [5.74, 6) is 0.355. The highest BCUT2D eigenvalue weighted by atomic mass is 16.6. The molecular weight excluding hydrogens is 284 g/mol. The quantitative estimate of drug-likeness (QED) is 0.459. The fourth-order valence-corrected chi connectivity index (χ4v) is 2.83. The van der Waals surface area contributed by atoms with Crippen molar-refractivity contribution in [2.24, 2.45) is 0 Å². The van der Waals surface area contributed by atoms with Crippen molar-refractivity contribution in [3.63, 3.8) is 0 Å². The zero-order valence-electron chi connectivity index (χ0n) is 13.4. The highest BCUT2D eigenvalue weighted by Gasteiger charge is 2.21. The molecule has 1 fully saturated rings. The SMILES string of the molecule is Cc1ccc([N+](=O)[O-])c(OCCCN2C[C@@H](C)O[C@@H](C)C2)c1. The molecule has 6 nitrogen and oxygen atoms in total. The summed E-state index contributed by atoms with van der Waals surface area (Å²) in [6.07, 6.45) is 1.34. The number of nitro benzene ring substituents is 1. The van der Waals surface area contributed by atoms with Crippen molar-refractivity contribution in [2.75, 3.05) is 26.2 Å². The Balaban J connectivity index is 1.81. The average molecular weight is 308 g/mol. The van der Waals surface area contributed by atoms with Crippen LogP contribution in [0, 0.1) is 17.0 Å². The number of hydrogen-bond acceptors (Lipinski definition) is 5. The van der Waals surface area contributed by atoms with Gasteiger partial charge < -0.3 is 9.47 Å². The standard InChI is InChI=1S/C16H24N2O4/c1-12-5-6-15(18(19)20)16(9-12)21-8-4-7-17-10-13(2)22-14(3)11-17/h5-6,9,13-14H,4,7-8,10-11H2,1-3H3/t13-,14+. The molecule has 0 unspecified atom stereocenters. The second-order valence-electron chi connectivity index (χ2n) is 5.95. The molecule has 22 heavy (non-hydrogen) atoms. The molecular formula is C16H24N2O4. The minimum Gasteiger partial charge on any atom is -0.487 e. The lowest BCUT2D eigenvalue weighted by Crippen LogP contribution is -2.45. The molecule has 1 aromatic rings. The monoisotopic (exact) mass is 308 g/mol. The molecule has 0 spiro atoms. The lowest BCUT2D eigenvalue weighted by atomic mass is 10.2. The van der Waals surface area contributed by atoms with E-state index in [1.807, 2.05) is 6.92 Å². The summed E-state index contributed by atoms with van der Waals surface area (Å²) < 4.78 is 11.3. The highest BCUT2D eigenvalue weighted by Crippen LogP contribution is 2.27. The number of aryl methyl sites for hydroxylation is 1. The summed E-state index contributed by atoms with van der Waals surface area (Å²) >= 11 is 0. The maximum absolute atomic E-state index is 11.0. The van der Waals surface area contributed by atoms with Crippen molar-refractivity contribution >= 4 is 5.69 Å². The van der Waals surface area contributed by atoms with Crippen LogP contribution in [0.2, 0.25) is 0 Å². The largest absolute Gasteiger partial charge is 0.487 e. The van der Waals surface area contributed by atoms with Gasteiger partial charge in [0.05, 0.1) is 23.7 Å². The number of rotatable bonds is 6. The van der Waals surface area contributed by atoms with Crippen LogP contribution in [0.5, 0.6) is 5.75 Å². The first-order valence-electron chi connectivity index (χ1n) is 7.71. The zero-order valence-corrected chi connectivity index (χ0v) is 13.4. The van der Waals surface area contributed by atoms with Crippen molar-refractivity contribution in [2.45, 2.75) is 39.4 Å². The van der Waals surface area contributed by atoms with Crippen LogP contribution in [0.3, 0.4) is 0 Å². The molecule has 0 amide bonds. The van der Waals surface area contributed by atoms with E-state index in [1.165, 1.54) is 6.07 Å². The molecule has 6 heteroatoms. The van der Waals surface area contributed by atoms with Crippen molar-refractivity contribution in [3.8, 4) is 5.75 Å². The van der Waals surface area contributed by atoms with Gasteiger partial charge in [-0.2, -0.15) is 0 Å². The molecule has 1 aromatic carbocycles. The van der Waals surface area contributed by atoms with Crippen molar-refractivity contribution in [1.29, 1.82) is 0 Å². The van der Waals surface area contributed by atoms with Gasteiger partial charge in [-0.1, -0.05) is 6.07 Å². The van der Waals surface area contributed by atoms with Crippen molar-refractivity contribution in [1.82, 2.24) is 4.90 Å². The van der Waals surface area contributed by atoms with Crippen LogP contribution < -0.4 is 4.74 Å². The highest BCUT2D eigenvalue weighted by molar-refractivity contribution is 5.48. The minimum absolute atomic E-state index is 0.0271. The minimum atomic E-state index is -0.403. The van der Waals surface area contributed by atoms with E-state index in [-0.39, 0.29) is 17.9 Å². The number of nitrogens with zero attached hydrogens (tertiary/aromatic N) is 2. The Morgan fingerprint density at radius 1 is 1.36 bits per heavy atom. The third-order valence-corrected chi connectivity index (χ3v) is 3.68. The molecule has 0 aliphatic carbocycles. The van der Waals surface area contributed by atoms with Gasteiger partial charge in [0.2, 0.25) is 0 Å². The molecule has 2 atom stereocenters. The fraction of sp³-hybridized carbons (Fsp3) is 0.625. The third kappa shape index (κ3) is 4.68. The number of ether oxygens (including phenoxy) is 2. The third-order valence-electron chi connectivity index (χ3n) is 3.68. The van der Waals surface area contributed by atoms with Crippen LogP contribution in [-0.4, -0.2) is 48.3 Å². The number of nitro groups is 1. The first-order chi connectivity index (χ1) is 10.5. The van der Waals surface area contributed by atoms with Gasteiger partial charge in [-0.05, 0) is 38.8 Å². The van der Waals surface area contributed by atoms with E-state index >= 15 is 0 Å². The summed E-state index contributed by atoms with van der Waals surface area (Å²) in [6.45, 7) is 9.30. The maximum atomic E-state index is 11.0. The lowest BCUT2D eigenvalue weighted by Gasteiger charge is -2.35. The van der Waals surface area contributed by atoms with Crippen LogP contribution in [0.25, 0.3) is 0 Å². The molecule has 2 rings (SSSR count). The average Bonchev–Trinajstić information content (AvgIpc) is 2.42. The Morgan fingerprint density at radius 3 is 2.68 bits per heavy atom. The summed E-state index contributed by atoms with van der Waals surface area (Å²) in [6, 6.07) is 4.94. The van der Waals surface area contributed by atoms with E-state index in [1.54, 1.807) is 12.1 Å². The summed E-state index contributed by atoms with van der Waals surface area (Å²) in [5, 5.41) is 11.0. The van der Waals surface area contributed by atoms with E-state index in [2.05, 4.69) is 18.7 Å². The number of benzene rings is 1. The van der Waals surface area contributed by atoms with E-state index in [0.717, 1.165) is 31.6 Å². The Hall–Kier alpha value is -1.66. The van der Waals surface area contributed by atoms with Gasteiger partial charge in [0, 0.05) is 25.7 Å².